The molecule has 2 aromatic rings. The van der Waals surface area contributed by atoms with Crippen molar-refractivity contribution in [2.45, 2.75) is 39.3 Å². The van der Waals surface area contributed by atoms with Gasteiger partial charge in [0.1, 0.15) is 23.2 Å². The molecule has 2 rings (SSSR count). The van der Waals surface area contributed by atoms with Crippen molar-refractivity contribution in [3.05, 3.63) is 22.1 Å². The second-order valence-corrected chi connectivity index (χ2v) is 12.4. The summed E-state index contributed by atoms with van der Waals surface area (Å²) in [6, 6.07) is 2.74. The Hall–Kier alpha value is -0.623. The molecule has 0 N–H and O–H groups in total. The summed E-state index contributed by atoms with van der Waals surface area (Å²) < 4.78 is 7.65. The minimum Gasteiger partial charge on any atom is -0.361 e. The lowest BCUT2D eigenvalue weighted by atomic mass is 10.4. The lowest BCUT2D eigenvalue weighted by molar-refractivity contribution is 0.0881. The Labute approximate surface area is 130 Å². The zero-order valence-electron chi connectivity index (χ0n) is 12.2. The van der Waals surface area contributed by atoms with Crippen molar-refractivity contribution >= 4 is 42.4 Å². The first-order valence-corrected chi connectivity index (χ1v) is 11.0. The predicted molar refractivity (Wildman–Crippen MR) is 86.4 cm³/mol. The molecule has 7 heteroatoms. The van der Waals surface area contributed by atoms with Crippen LogP contribution in [0.5, 0.6) is 0 Å². The fourth-order valence-corrected chi connectivity index (χ4v) is 3.05. The molecule has 0 radical (unpaired) electrons. The summed E-state index contributed by atoms with van der Waals surface area (Å²) in [5.74, 6) is 0.824. The number of hydrogen-bond donors (Lipinski definition) is 0. The lowest BCUT2D eigenvalue weighted by Crippen LogP contribution is -2.22. The van der Waals surface area contributed by atoms with E-state index in [1.54, 1.807) is 6.07 Å². The van der Waals surface area contributed by atoms with E-state index in [1.807, 2.05) is 11.5 Å². The maximum atomic E-state index is 6.13. The van der Waals surface area contributed by atoms with Gasteiger partial charge in [-0.3, -0.25) is 4.57 Å². The topological polar surface area (TPSA) is 39.9 Å². The van der Waals surface area contributed by atoms with Gasteiger partial charge in [0.2, 0.25) is 0 Å². The normalized spacial score (nSPS) is 12.3. The molecule has 0 amide bonds. The van der Waals surface area contributed by atoms with Crippen molar-refractivity contribution in [3.63, 3.8) is 0 Å². The standard InChI is InChI=1S/C13H19Cl2N3OSi/c1-9-16-12-10(14)7-11(15)17-13(12)18(9)8-19-5-6-20(2,3)4/h7H,5-6,8H2,1-4H3. The Morgan fingerprint density at radius 2 is 1.95 bits per heavy atom. The van der Waals surface area contributed by atoms with Crippen molar-refractivity contribution in [1.29, 1.82) is 0 Å². The number of hydrogen-bond acceptors (Lipinski definition) is 3. The van der Waals surface area contributed by atoms with Crippen molar-refractivity contribution in [1.82, 2.24) is 14.5 Å². The number of halogens is 2. The predicted octanol–water partition coefficient (Wildman–Crippen LogP) is 4.36. The van der Waals surface area contributed by atoms with Crippen LogP contribution in [-0.4, -0.2) is 29.2 Å². The van der Waals surface area contributed by atoms with Crippen LogP contribution in [0, 0.1) is 6.92 Å². The van der Waals surface area contributed by atoms with Crippen LogP contribution in [0.1, 0.15) is 5.82 Å². The Kier molecular flexibility index (Phi) is 4.74. The molecular formula is C13H19Cl2N3OSi. The molecule has 0 saturated heterocycles. The van der Waals surface area contributed by atoms with Crippen molar-refractivity contribution in [2.75, 3.05) is 6.61 Å². The van der Waals surface area contributed by atoms with Crippen LogP contribution >= 0.6 is 23.2 Å². The molecule has 0 saturated carbocycles. The van der Waals surface area contributed by atoms with E-state index >= 15 is 0 Å². The lowest BCUT2D eigenvalue weighted by Gasteiger charge is -2.15. The Balaban J connectivity index is 2.16. The molecule has 2 aromatic heterocycles. The number of imidazole rings is 1. The van der Waals surface area contributed by atoms with Crippen LogP contribution in [0.15, 0.2) is 6.07 Å². The third-order valence-electron chi connectivity index (χ3n) is 3.03. The highest BCUT2D eigenvalue weighted by atomic mass is 35.5. The zero-order chi connectivity index (χ0) is 14.9. The minimum absolute atomic E-state index is 0.366. The van der Waals surface area contributed by atoms with Gasteiger partial charge in [0.15, 0.2) is 5.65 Å². The Morgan fingerprint density at radius 3 is 2.60 bits per heavy atom. The quantitative estimate of drug-likeness (QED) is 0.464. The van der Waals surface area contributed by atoms with Gasteiger partial charge in [-0.1, -0.05) is 42.8 Å². The van der Waals surface area contributed by atoms with Gasteiger partial charge in [0, 0.05) is 14.7 Å². The fraction of sp³-hybridized carbons (Fsp3) is 0.538. The molecular weight excluding hydrogens is 313 g/mol. The average molecular weight is 332 g/mol. The van der Waals surface area contributed by atoms with Gasteiger partial charge >= 0.3 is 0 Å². The molecule has 0 aliphatic carbocycles. The molecule has 0 aromatic carbocycles. The molecule has 0 unspecified atom stereocenters. The molecule has 0 aliphatic heterocycles. The van der Waals surface area contributed by atoms with Crippen molar-refractivity contribution in [3.8, 4) is 0 Å². The van der Waals surface area contributed by atoms with Gasteiger partial charge in [0.05, 0.1) is 5.02 Å². The maximum absolute atomic E-state index is 6.13. The molecule has 4 nitrogen and oxygen atoms in total. The minimum atomic E-state index is -1.07. The van der Waals surface area contributed by atoms with E-state index in [1.165, 1.54) is 0 Å². The second-order valence-electron chi connectivity index (χ2n) is 6.03. The number of fused-ring (bicyclic) bond motifs is 1. The Bertz CT molecular complexity index is 622. The highest BCUT2D eigenvalue weighted by molar-refractivity contribution is 6.76. The fourth-order valence-electron chi connectivity index (χ4n) is 1.82. The van der Waals surface area contributed by atoms with Crippen molar-refractivity contribution < 1.29 is 4.74 Å². The van der Waals surface area contributed by atoms with E-state index in [-0.39, 0.29) is 0 Å². The van der Waals surface area contributed by atoms with Crippen LogP contribution in [0.25, 0.3) is 11.2 Å². The van der Waals surface area contributed by atoms with Crippen LogP contribution < -0.4 is 0 Å². The summed E-state index contributed by atoms with van der Waals surface area (Å²) in [7, 11) is -1.07. The molecule has 2 heterocycles. The molecule has 0 spiro atoms. The number of nitrogens with zero attached hydrogens (tertiary/aromatic N) is 3. The highest BCUT2D eigenvalue weighted by Crippen LogP contribution is 2.25. The number of ether oxygens (including phenoxy) is 1. The largest absolute Gasteiger partial charge is 0.361 e. The first-order chi connectivity index (χ1) is 9.28. The molecule has 20 heavy (non-hydrogen) atoms. The molecule has 0 atom stereocenters. The first kappa shape index (κ1) is 15.8. The van der Waals surface area contributed by atoms with Gasteiger partial charge in [-0.15, -0.1) is 0 Å². The SMILES string of the molecule is Cc1nc2c(Cl)cc(Cl)nc2n1COCC[Si](C)(C)C. The summed E-state index contributed by atoms with van der Waals surface area (Å²) in [5, 5.41) is 0.884. The van der Waals surface area contributed by atoms with Gasteiger partial charge in [-0.25, -0.2) is 9.97 Å². The van der Waals surface area contributed by atoms with E-state index in [0.717, 1.165) is 18.5 Å². The van der Waals surface area contributed by atoms with Crippen LogP contribution in [0.3, 0.4) is 0 Å². The van der Waals surface area contributed by atoms with Gasteiger partial charge in [-0.2, -0.15) is 0 Å². The molecule has 0 fully saturated rings. The van der Waals surface area contributed by atoms with E-state index in [9.17, 15) is 0 Å². The van der Waals surface area contributed by atoms with Crippen LogP contribution in [0.4, 0.5) is 0 Å². The smallest absolute Gasteiger partial charge is 0.165 e. The number of aromatic nitrogens is 3. The number of pyridine rings is 1. The van der Waals surface area contributed by atoms with E-state index in [4.69, 9.17) is 27.9 Å². The Morgan fingerprint density at radius 1 is 1.25 bits per heavy atom. The van der Waals surface area contributed by atoms with E-state index < -0.39 is 8.07 Å². The van der Waals surface area contributed by atoms with Gasteiger partial charge in [0.25, 0.3) is 0 Å². The van der Waals surface area contributed by atoms with E-state index in [2.05, 4.69) is 29.6 Å². The summed E-state index contributed by atoms with van der Waals surface area (Å²) in [4.78, 5) is 8.71. The van der Waals surface area contributed by atoms with Gasteiger partial charge in [-0.05, 0) is 19.0 Å². The zero-order valence-corrected chi connectivity index (χ0v) is 14.7. The summed E-state index contributed by atoms with van der Waals surface area (Å²) in [6.45, 7) is 10.1. The number of rotatable bonds is 5. The third kappa shape index (κ3) is 3.72. The average Bonchev–Trinajstić information content (AvgIpc) is 2.61. The van der Waals surface area contributed by atoms with Crippen LogP contribution in [-0.2, 0) is 11.5 Å². The summed E-state index contributed by atoms with van der Waals surface area (Å²) >= 11 is 12.1. The molecule has 0 bridgehead atoms. The van der Waals surface area contributed by atoms with E-state index in [0.29, 0.717) is 28.1 Å². The number of aryl methyl sites for hydroxylation is 1. The summed E-state index contributed by atoms with van der Waals surface area (Å²) in [6.07, 6.45) is 0. The first-order valence-electron chi connectivity index (χ1n) is 6.54. The van der Waals surface area contributed by atoms with Crippen LogP contribution in [0.2, 0.25) is 35.9 Å². The molecule has 110 valence electrons. The highest BCUT2D eigenvalue weighted by Gasteiger charge is 2.15. The second kappa shape index (κ2) is 6.01. The van der Waals surface area contributed by atoms with Crippen molar-refractivity contribution in [2.24, 2.45) is 0 Å². The summed E-state index contributed by atoms with van der Waals surface area (Å²) in [5.41, 5.74) is 1.34. The molecule has 0 aliphatic rings. The maximum Gasteiger partial charge on any atom is 0.165 e. The monoisotopic (exact) mass is 331 g/mol. The van der Waals surface area contributed by atoms with Gasteiger partial charge < -0.3 is 4.74 Å². The third-order valence-corrected chi connectivity index (χ3v) is 5.22.